The SMILES string of the molecule is C[C@@]1(O)CCN(CCCc2ccccc2)[C@@H](c2cccs2)[C@@H]1NC(=O)C1CCCC1. The van der Waals surface area contributed by atoms with Crippen molar-refractivity contribution in [2.45, 2.75) is 69.6 Å². The fourth-order valence-corrected chi connectivity index (χ4v) is 5.99. The fourth-order valence-electron chi connectivity index (χ4n) is 5.09. The zero-order chi connectivity index (χ0) is 21.0. The average molecular weight is 427 g/mol. The first-order valence-corrected chi connectivity index (χ1v) is 12.3. The van der Waals surface area contributed by atoms with Gasteiger partial charge in [0.2, 0.25) is 5.91 Å². The number of nitrogens with zero attached hydrogens (tertiary/aromatic N) is 1. The first-order valence-electron chi connectivity index (χ1n) is 11.4. The minimum absolute atomic E-state index is 0.0230. The van der Waals surface area contributed by atoms with Gasteiger partial charge in [-0.2, -0.15) is 0 Å². The summed E-state index contributed by atoms with van der Waals surface area (Å²) in [6.07, 6.45) is 7.02. The van der Waals surface area contributed by atoms with E-state index in [1.165, 1.54) is 10.4 Å². The standard InChI is InChI=1S/C25H34N2O2S/c1-25(29)15-17-27(16-7-11-19-9-3-2-4-10-19)22(21-14-8-18-30-21)23(25)26-24(28)20-12-5-6-13-20/h2-4,8-10,14,18,20,22-23,29H,5-7,11-13,15-17H2,1H3,(H,26,28)/t22-,23-,25+/m0/s1. The minimum atomic E-state index is -0.904. The molecule has 4 rings (SSSR count). The summed E-state index contributed by atoms with van der Waals surface area (Å²) in [7, 11) is 0. The molecule has 2 aliphatic rings. The average Bonchev–Trinajstić information content (AvgIpc) is 3.45. The van der Waals surface area contributed by atoms with Crippen LogP contribution in [0, 0.1) is 5.92 Å². The second kappa shape index (κ2) is 9.63. The highest BCUT2D eigenvalue weighted by molar-refractivity contribution is 7.10. The number of aliphatic hydroxyl groups is 1. The normalized spacial score (nSPS) is 27.9. The molecule has 1 aromatic carbocycles. The molecule has 1 aliphatic heterocycles. The van der Waals surface area contributed by atoms with E-state index < -0.39 is 5.60 Å². The maximum atomic E-state index is 13.0. The van der Waals surface area contributed by atoms with E-state index in [4.69, 9.17) is 0 Å². The van der Waals surface area contributed by atoms with Gasteiger partial charge in [-0.15, -0.1) is 11.3 Å². The maximum Gasteiger partial charge on any atom is 0.223 e. The molecule has 1 aromatic heterocycles. The molecule has 2 fully saturated rings. The lowest BCUT2D eigenvalue weighted by molar-refractivity contribution is -0.132. The van der Waals surface area contributed by atoms with Crippen molar-refractivity contribution in [1.29, 1.82) is 0 Å². The van der Waals surface area contributed by atoms with Gasteiger partial charge in [0, 0.05) is 17.3 Å². The summed E-state index contributed by atoms with van der Waals surface area (Å²) in [5, 5.41) is 16.7. The second-order valence-corrected chi connectivity index (χ2v) is 10.1. The van der Waals surface area contributed by atoms with Crippen molar-refractivity contribution >= 4 is 17.2 Å². The molecule has 2 N–H and O–H groups in total. The van der Waals surface area contributed by atoms with Crippen LogP contribution in [0.4, 0.5) is 0 Å². The molecule has 0 unspecified atom stereocenters. The molecule has 2 heterocycles. The third-order valence-corrected chi connectivity index (χ3v) is 7.84. The molecule has 0 spiro atoms. The summed E-state index contributed by atoms with van der Waals surface area (Å²) < 4.78 is 0. The molecule has 1 saturated carbocycles. The van der Waals surface area contributed by atoms with Gasteiger partial charge in [-0.3, -0.25) is 9.69 Å². The summed E-state index contributed by atoms with van der Waals surface area (Å²) in [5.74, 6) is 0.240. The third kappa shape index (κ3) is 4.96. The molecule has 0 radical (unpaired) electrons. The van der Waals surface area contributed by atoms with Gasteiger partial charge < -0.3 is 10.4 Å². The molecule has 1 saturated heterocycles. The molecule has 1 amide bonds. The van der Waals surface area contributed by atoms with Crippen LogP contribution >= 0.6 is 11.3 Å². The number of amides is 1. The number of thiophene rings is 1. The van der Waals surface area contributed by atoms with E-state index in [-0.39, 0.29) is 23.9 Å². The predicted octanol–water partition coefficient (Wildman–Crippen LogP) is 4.55. The van der Waals surface area contributed by atoms with Gasteiger partial charge in [0.1, 0.15) is 0 Å². The van der Waals surface area contributed by atoms with E-state index in [0.29, 0.717) is 6.42 Å². The van der Waals surface area contributed by atoms with E-state index in [0.717, 1.165) is 51.6 Å². The third-order valence-electron chi connectivity index (χ3n) is 6.90. The first-order chi connectivity index (χ1) is 14.5. The van der Waals surface area contributed by atoms with Gasteiger partial charge in [-0.1, -0.05) is 49.2 Å². The minimum Gasteiger partial charge on any atom is -0.388 e. The van der Waals surface area contributed by atoms with Crippen LogP contribution in [0.15, 0.2) is 47.8 Å². The van der Waals surface area contributed by atoms with Crippen LogP contribution in [0.5, 0.6) is 0 Å². The Balaban J connectivity index is 1.50. The largest absolute Gasteiger partial charge is 0.388 e. The van der Waals surface area contributed by atoms with E-state index in [1.807, 2.05) is 6.92 Å². The van der Waals surface area contributed by atoms with Gasteiger partial charge >= 0.3 is 0 Å². The molecule has 30 heavy (non-hydrogen) atoms. The van der Waals surface area contributed by atoms with Gasteiger partial charge in [0.15, 0.2) is 0 Å². The van der Waals surface area contributed by atoms with E-state index in [2.05, 4.69) is 58.1 Å². The van der Waals surface area contributed by atoms with E-state index in [9.17, 15) is 9.90 Å². The van der Waals surface area contributed by atoms with Crippen molar-refractivity contribution in [2.24, 2.45) is 5.92 Å². The second-order valence-electron chi connectivity index (χ2n) is 9.16. The fraction of sp³-hybridized carbons (Fsp3) is 0.560. The summed E-state index contributed by atoms with van der Waals surface area (Å²) in [5.41, 5.74) is 0.457. The highest BCUT2D eigenvalue weighted by Crippen LogP contribution is 2.39. The topological polar surface area (TPSA) is 52.6 Å². The lowest BCUT2D eigenvalue weighted by Gasteiger charge is -2.49. The lowest BCUT2D eigenvalue weighted by Crippen LogP contribution is -2.63. The van der Waals surface area contributed by atoms with Gasteiger partial charge in [0.25, 0.3) is 0 Å². The highest BCUT2D eigenvalue weighted by Gasteiger charge is 2.47. The number of benzene rings is 1. The molecule has 5 heteroatoms. The summed E-state index contributed by atoms with van der Waals surface area (Å²) >= 11 is 1.72. The Bertz CT molecular complexity index is 800. The van der Waals surface area contributed by atoms with Crippen molar-refractivity contribution in [3.8, 4) is 0 Å². The van der Waals surface area contributed by atoms with Crippen LogP contribution in [-0.2, 0) is 11.2 Å². The molecule has 2 aromatic rings. The maximum absolute atomic E-state index is 13.0. The number of carbonyl (C=O) groups is 1. The molecular formula is C25H34N2O2S. The van der Waals surface area contributed by atoms with Crippen molar-refractivity contribution < 1.29 is 9.90 Å². The van der Waals surface area contributed by atoms with Crippen molar-refractivity contribution in [1.82, 2.24) is 10.2 Å². The number of piperidine rings is 1. The molecule has 4 nitrogen and oxygen atoms in total. The summed E-state index contributed by atoms with van der Waals surface area (Å²) in [4.78, 5) is 16.7. The number of hydrogen-bond donors (Lipinski definition) is 2. The Morgan fingerprint density at radius 2 is 1.97 bits per heavy atom. The van der Waals surface area contributed by atoms with Crippen molar-refractivity contribution in [3.05, 3.63) is 58.3 Å². The van der Waals surface area contributed by atoms with E-state index >= 15 is 0 Å². The summed E-state index contributed by atoms with van der Waals surface area (Å²) in [6.45, 7) is 3.71. The smallest absolute Gasteiger partial charge is 0.223 e. The Hall–Kier alpha value is -1.69. The zero-order valence-corrected chi connectivity index (χ0v) is 18.7. The van der Waals surface area contributed by atoms with Crippen molar-refractivity contribution in [2.75, 3.05) is 13.1 Å². The van der Waals surface area contributed by atoms with Crippen LogP contribution in [-0.4, -0.2) is 40.6 Å². The zero-order valence-electron chi connectivity index (χ0n) is 17.9. The Kier molecular flexibility index (Phi) is 6.91. The van der Waals surface area contributed by atoms with Crippen LogP contribution in [0.3, 0.4) is 0 Å². The number of carbonyl (C=O) groups excluding carboxylic acids is 1. The molecule has 3 atom stereocenters. The van der Waals surface area contributed by atoms with Gasteiger partial charge in [-0.25, -0.2) is 0 Å². The van der Waals surface area contributed by atoms with Crippen LogP contribution < -0.4 is 5.32 Å². The van der Waals surface area contributed by atoms with Gasteiger partial charge in [0.05, 0.1) is 17.7 Å². The molecule has 1 aliphatic carbocycles. The quantitative estimate of drug-likeness (QED) is 0.683. The number of nitrogens with one attached hydrogen (secondary N) is 1. The van der Waals surface area contributed by atoms with E-state index in [1.54, 1.807) is 11.3 Å². The summed E-state index contributed by atoms with van der Waals surface area (Å²) in [6, 6.07) is 14.6. The number of aryl methyl sites for hydroxylation is 1. The van der Waals surface area contributed by atoms with Crippen LogP contribution in [0.1, 0.15) is 61.9 Å². The molecule has 162 valence electrons. The van der Waals surface area contributed by atoms with Gasteiger partial charge in [-0.05, 0) is 62.6 Å². The monoisotopic (exact) mass is 426 g/mol. The number of hydrogen-bond acceptors (Lipinski definition) is 4. The Labute approximate surface area is 184 Å². The lowest BCUT2D eigenvalue weighted by atomic mass is 9.81. The number of rotatable bonds is 7. The van der Waals surface area contributed by atoms with Crippen LogP contribution in [0.2, 0.25) is 0 Å². The molecular weight excluding hydrogens is 392 g/mol. The molecule has 0 bridgehead atoms. The Morgan fingerprint density at radius 1 is 1.20 bits per heavy atom. The van der Waals surface area contributed by atoms with Crippen LogP contribution in [0.25, 0.3) is 0 Å². The first kappa shape index (κ1) is 21.5. The van der Waals surface area contributed by atoms with Crippen molar-refractivity contribution in [3.63, 3.8) is 0 Å². The predicted molar refractivity (Wildman–Crippen MR) is 123 cm³/mol. The Morgan fingerprint density at radius 3 is 2.67 bits per heavy atom. The highest BCUT2D eigenvalue weighted by atomic mass is 32.1. The number of likely N-dealkylation sites (tertiary alicyclic amines) is 1.